The van der Waals surface area contributed by atoms with Gasteiger partial charge in [0.25, 0.3) is 0 Å². The minimum atomic E-state index is -0.140. The van der Waals surface area contributed by atoms with Gasteiger partial charge < -0.3 is 9.47 Å². The van der Waals surface area contributed by atoms with Crippen LogP contribution in [0.4, 0.5) is 0 Å². The Labute approximate surface area is 142 Å². The Morgan fingerprint density at radius 1 is 1.17 bits per heavy atom. The lowest BCUT2D eigenvalue weighted by molar-refractivity contribution is -0.106. The standard InChI is InChI=1S/C21H22O3/c1-16-15-17(10-12-19(22)18-7-3-2-4-8-18)11-13-20(16)24-21-9-5-6-14-23-21/h2-4,7-8,10-13,15,21H,5-6,9,14H2,1H3. The van der Waals surface area contributed by atoms with Gasteiger partial charge in [0.2, 0.25) is 0 Å². The Bertz CT molecular complexity index is 713. The van der Waals surface area contributed by atoms with E-state index < -0.39 is 0 Å². The zero-order valence-electron chi connectivity index (χ0n) is 13.9. The average Bonchev–Trinajstić information content (AvgIpc) is 2.63. The minimum absolute atomic E-state index is 0.00388. The number of aryl methyl sites for hydroxylation is 1. The fraction of sp³-hybridized carbons (Fsp3) is 0.286. The van der Waals surface area contributed by atoms with Gasteiger partial charge in [-0.05, 0) is 49.1 Å². The van der Waals surface area contributed by atoms with Gasteiger partial charge in [0.15, 0.2) is 12.1 Å². The lowest BCUT2D eigenvalue weighted by Gasteiger charge is -2.24. The minimum Gasteiger partial charge on any atom is -0.465 e. The van der Waals surface area contributed by atoms with Crippen molar-refractivity contribution in [2.24, 2.45) is 0 Å². The van der Waals surface area contributed by atoms with Crippen LogP contribution in [-0.2, 0) is 4.74 Å². The summed E-state index contributed by atoms with van der Waals surface area (Å²) in [6.45, 7) is 2.78. The van der Waals surface area contributed by atoms with Crippen LogP contribution >= 0.6 is 0 Å². The van der Waals surface area contributed by atoms with Crippen LogP contribution in [0.15, 0.2) is 54.6 Å². The first-order valence-corrected chi connectivity index (χ1v) is 8.39. The highest BCUT2D eigenvalue weighted by atomic mass is 16.7. The van der Waals surface area contributed by atoms with Gasteiger partial charge in [0.1, 0.15) is 5.75 Å². The maximum Gasteiger partial charge on any atom is 0.199 e. The van der Waals surface area contributed by atoms with Crippen molar-refractivity contribution >= 4 is 11.9 Å². The molecule has 1 fully saturated rings. The first-order chi connectivity index (χ1) is 11.7. The molecule has 1 unspecified atom stereocenters. The summed E-state index contributed by atoms with van der Waals surface area (Å²) >= 11 is 0. The van der Waals surface area contributed by atoms with E-state index in [9.17, 15) is 4.79 Å². The molecule has 1 heterocycles. The van der Waals surface area contributed by atoms with Crippen molar-refractivity contribution in [1.29, 1.82) is 0 Å². The van der Waals surface area contributed by atoms with Gasteiger partial charge in [-0.25, -0.2) is 0 Å². The van der Waals surface area contributed by atoms with Crippen LogP contribution in [0.3, 0.4) is 0 Å². The van der Waals surface area contributed by atoms with E-state index in [0.717, 1.165) is 42.7 Å². The molecule has 0 amide bonds. The summed E-state index contributed by atoms with van der Waals surface area (Å²) in [4.78, 5) is 12.1. The Kier molecular flexibility index (Phi) is 5.44. The SMILES string of the molecule is Cc1cc(C=CC(=O)c2ccccc2)ccc1OC1CCCCO1. The molecule has 0 N–H and O–H groups in total. The van der Waals surface area contributed by atoms with Crippen molar-refractivity contribution in [2.45, 2.75) is 32.5 Å². The van der Waals surface area contributed by atoms with E-state index in [2.05, 4.69) is 0 Å². The Hall–Kier alpha value is -2.39. The van der Waals surface area contributed by atoms with Crippen molar-refractivity contribution in [3.63, 3.8) is 0 Å². The molecule has 0 aromatic heterocycles. The summed E-state index contributed by atoms with van der Waals surface area (Å²) in [6, 6.07) is 15.2. The number of hydrogen-bond donors (Lipinski definition) is 0. The van der Waals surface area contributed by atoms with E-state index in [-0.39, 0.29) is 12.1 Å². The van der Waals surface area contributed by atoms with Gasteiger partial charge in [-0.15, -0.1) is 0 Å². The van der Waals surface area contributed by atoms with Gasteiger partial charge in [0.05, 0.1) is 6.61 Å². The lowest BCUT2D eigenvalue weighted by Crippen LogP contribution is -2.25. The highest BCUT2D eigenvalue weighted by molar-refractivity contribution is 6.06. The van der Waals surface area contributed by atoms with Gasteiger partial charge in [-0.2, -0.15) is 0 Å². The molecular formula is C21H22O3. The van der Waals surface area contributed by atoms with E-state index in [0.29, 0.717) is 5.56 Å². The lowest BCUT2D eigenvalue weighted by atomic mass is 10.1. The Balaban J connectivity index is 1.65. The quantitative estimate of drug-likeness (QED) is 0.586. The summed E-state index contributed by atoms with van der Waals surface area (Å²) in [7, 11) is 0. The number of allylic oxidation sites excluding steroid dienone is 1. The summed E-state index contributed by atoms with van der Waals surface area (Å²) in [5.41, 5.74) is 2.71. The molecule has 24 heavy (non-hydrogen) atoms. The van der Waals surface area contributed by atoms with Gasteiger partial charge in [-0.3, -0.25) is 4.79 Å². The molecule has 3 nitrogen and oxygen atoms in total. The van der Waals surface area contributed by atoms with Crippen LogP contribution in [0.25, 0.3) is 6.08 Å². The van der Waals surface area contributed by atoms with Gasteiger partial charge >= 0.3 is 0 Å². The highest BCUT2D eigenvalue weighted by Gasteiger charge is 2.16. The summed E-state index contributed by atoms with van der Waals surface area (Å²) in [5.74, 6) is 0.845. The molecule has 1 aliphatic rings. The molecule has 0 saturated carbocycles. The number of rotatable bonds is 5. The average molecular weight is 322 g/mol. The van der Waals surface area contributed by atoms with Crippen molar-refractivity contribution in [3.05, 3.63) is 71.3 Å². The molecule has 124 valence electrons. The molecule has 1 atom stereocenters. The van der Waals surface area contributed by atoms with E-state index in [1.807, 2.05) is 61.5 Å². The second kappa shape index (κ2) is 7.93. The van der Waals surface area contributed by atoms with Crippen molar-refractivity contribution < 1.29 is 14.3 Å². The molecule has 0 radical (unpaired) electrons. The number of ether oxygens (including phenoxy) is 2. The van der Waals surface area contributed by atoms with Crippen molar-refractivity contribution in [1.82, 2.24) is 0 Å². The first-order valence-electron chi connectivity index (χ1n) is 8.39. The second-order valence-corrected chi connectivity index (χ2v) is 6.00. The molecule has 2 aromatic carbocycles. The van der Waals surface area contributed by atoms with Crippen LogP contribution in [0.5, 0.6) is 5.75 Å². The molecule has 2 aromatic rings. The van der Waals surface area contributed by atoms with Crippen LogP contribution < -0.4 is 4.74 Å². The first kappa shape index (κ1) is 16.5. The summed E-state index contributed by atoms with van der Waals surface area (Å²) < 4.78 is 11.5. The van der Waals surface area contributed by atoms with E-state index >= 15 is 0 Å². The predicted octanol–water partition coefficient (Wildman–Crippen LogP) is 4.80. The molecule has 3 heteroatoms. The topological polar surface area (TPSA) is 35.5 Å². The monoisotopic (exact) mass is 322 g/mol. The fourth-order valence-corrected chi connectivity index (χ4v) is 2.72. The number of ketones is 1. The predicted molar refractivity (Wildman–Crippen MR) is 95.2 cm³/mol. The maximum absolute atomic E-state index is 12.1. The molecule has 3 rings (SSSR count). The van der Waals surface area contributed by atoms with Crippen LogP contribution in [0.1, 0.15) is 40.7 Å². The molecule has 0 spiro atoms. The smallest absolute Gasteiger partial charge is 0.199 e. The third-order valence-electron chi connectivity index (χ3n) is 4.08. The summed E-state index contributed by atoms with van der Waals surface area (Å²) in [5, 5.41) is 0. The van der Waals surface area contributed by atoms with Crippen LogP contribution in [0.2, 0.25) is 0 Å². The number of carbonyl (C=O) groups excluding carboxylic acids is 1. The van der Waals surface area contributed by atoms with Crippen molar-refractivity contribution in [3.8, 4) is 5.75 Å². The van der Waals surface area contributed by atoms with Crippen molar-refractivity contribution in [2.75, 3.05) is 6.61 Å². The number of benzene rings is 2. The Morgan fingerprint density at radius 2 is 2.00 bits per heavy atom. The normalized spacial score (nSPS) is 17.8. The molecule has 0 aliphatic carbocycles. The maximum atomic E-state index is 12.1. The van der Waals surface area contributed by atoms with E-state index in [1.54, 1.807) is 6.08 Å². The Morgan fingerprint density at radius 3 is 2.71 bits per heavy atom. The fourth-order valence-electron chi connectivity index (χ4n) is 2.72. The zero-order chi connectivity index (χ0) is 16.8. The highest BCUT2D eigenvalue weighted by Crippen LogP contribution is 2.24. The molecular weight excluding hydrogens is 300 g/mol. The molecule has 0 bridgehead atoms. The third kappa shape index (κ3) is 4.33. The number of carbonyl (C=O) groups is 1. The van der Waals surface area contributed by atoms with E-state index in [1.165, 1.54) is 0 Å². The number of hydrogen-bond acceptors (Lipinski definition) is 3. The largest absolute Gasteiger partial charge is 0.465 e. The molecule has 1 saturated heterocycles. The van der Waals surface area contributed by atoms with Gasteiger partial charge in [-0.1, -0.05) is 42.5 Å². The van der Waals surface area contributed by atoms with Crippen LogP contribution in [-0.4, -0.2) is 18.7 Å². The van der Waals surface area contributed by atoms with E-state index in [4.69, 9.17) is 9.47 Å². The molecule has 1 aliphatic heterocycles. The second-order valence-electron chi connectivity index (χ2n) is 6.00. The third-order valence-corrected chi connectivity index (χ3v) is 4.08. The summed E-state index contributed by atoms with van der Waals surface area (Å²) in [6.07, 6.45) is 6.49. The zero-order valence-corrected chi connectivity index (χ0v) is 13.9. The van der Waals surface area contributed by atoms with Gasteiger partial charge in [0, 0.05) is 12.0 Å². The van der Waals surface area contributed by atoms with Crippen LogP contribution in [0, 0.1) is 6.92 Å².